The number of carbonyl (C=O) groups is 1. The van der Waals surface area contributed by atoms with E-state index in [4.69, 9.17) is 5.73 Å². The summed E-state index contributed by atoms with van der Waals surface area (Å²) in [4.78, 5) is 10.6. The van der Waals surface area contributed by atoms with Crippen molar-refractivity contribution in [1.29, 1.82) is 0 Å². The predicted octanol–water partition coefficient (Wildman–Crippen LogP) is 0.885. The molecule has 0 heterocycles. The molecule has 1 N–H and O–H groups in total. The lowest BCUT2D eigenvalue weighted by Crippen LogP contribution is -2.23. The summed E-state index contributed by atoms with van der Waals surface area (Å²) in [5.41, 5.74) is 6.40. The van der Waals surface area contributed by atoms with Crippen LogP contribution in [0.3, 0.4) is 0 Å². The van der Waals surface area contributed by atoms with Gasteiger partial charge in [0.1, 0.15) is 0 Å². The minimum atomic E-state index is -0.318. The molecule has 0 saturated heterocycles. The monoisotopic (exact) mass is 114 g/mol. The van der Waals surface area contributed by atoms with E-state index in [2.05, 4.69) is 0 Å². The van der Waals surface area contributed by atoms with Gasteiger partial charge in [0, 0.05) is 5.41 Å². The number of rotatable bonds is 1. The Morgan fingerprint density at radius 1 is 1.50 bits per heavy atom. The van der Waals surface area contributed by atoms with Gasteiger partial charge in [-0.25, -0.2) is 5.73 Å². The van der Waals surface area contributed by atoms with Gasteiger partial charge in [-0.2, -0.15) is 0 Å². The van der Waals surface area contributed by atoms with Crippen molar-refractivity contribution < 1.29 is 4.79 Å². The summed E-state index contributed by atoms with van der Waals surface area (Å²) in [5.74, 6) is -0.00231. The molecule has 0 atom stereocenters. The summed E-state index contributed by atoms with van der Waals surface area (Å²) in [7, 11) is 0. The highest BCUT2D eigenvalue weighted by molar-refractivity contribution is 5.85. The van der Waals surface area contributed by atoms with E-state index in [1.807, 2.05) is 20.8 Å². The largest absolute Gasteiger partial charge is 0.298 e. The van der Waals surface area contributed by atoms with E-state index >= 15 is 0 Å². The number of carbonyl (C=O) groups excluding carboxylic acids is 1. The molecule has 0 amide bonds. The van der Waals surface area contributed by atoms with Crippen LogP contribution in [0.4, 0.5) is 0 Å². The lowest BCUT2D eigenvalue weighted by Gasteiger charge is -2.13. The second-order valence-corrected chi connectivity index (χ2v) is 2.85. The molecular weight excluding hydrogens is 102 g/mol. The molecule has 2 heteroatoms. The van der Waals surface area contributed by atoms with Gasteiger partial charge in [-0.15, -0.1) is 0 Å². The van der Waals surface area contributed by atoms with Crippen LogP contribution in [0.5, 0.6) is 0 Å². The standard InChI is InChI=1S/C6H12NO/c1-6(2,3)5(8)4-7/h7H,4H2,1-3H3. The molecule has 0 aromatic heterocycles. The first-order valence-electron chi connectivity index (χ1n) is 2.66. The Morgan fingerprint density at radius 2 is 1.88 bits per heavy atom. The van der Waals surface area contributed by atoms with Crippen molar-refractivity contribution in [3.8, 4) is 0 Å². The zero-order valence-corrected chi connectivity index (χ0v) is 5.62. The van der Waals surface area contributed by atoms with Crippen LogP contribution < -0.4 is 5.73 Å². The average Bonchev–Trinajstić information content (AvgIpc) is 1.62. The Labute approximate surface area is 50.1 Å². The van der Waals surface area contributed by atoms with Crippen molar-refractivity contribution >= 4 is 5.78 Å². The van der Waals surface area contributed by atoms with Gasteiger partial charge in [0.2, 0.25) is 0 Å². The van der Waals surface area contributed by atoms with Gasteiger partial charge in [-0.05, 0) is 0 Å². The first-order chi connectivity index (χ1) is 3.48. The fourth-order valence-corrected chi connectivity index (χ4v) is 0.265. The highest BCUT2D eigenvalue weighted by atomic mass is 16.1. The normalized spacial score (nSPS) is 11.5. The predicted molar refractivity (Wildman–Crippen MR) is 32.4 cm³/mol. The number of hydrogen-bond donors (Lipinski definition) is 0. The quantitative estimate of drug-likeness (QED) is 0.499. The molecule has 0 aromatic rings. The smallest absolute Gasteiger partial charge is 0.153 e. The number of nitrogens with one attached hydrogen (secondary N) is 1. The van der Waals surface area contributed by atoms with Crippen molar-refractivity contribution in [1.82, 2.24) is 5.73 Å². The summed E-state index contributed by atoms with van der Waals surface area (Å²) < 4.78 is 0. The lowest BCUT2D eigenvalue weighted by atomic mass is 9.91. The molecule has 0 aliphatic rings. The number of hydrogen-bond acceptors (Lipinski definition) is 1. The van der Waals surface area contributed by atoms with Crippen LogP contribution in [0.15, 0.2) is 0 Å². The Kier molecular flexibility index (Phi) is 2.16. The van der Waals surface area contributed by atoms with E-state index in [9.17, 15) is 4.79 Å². The van der Waals surface area contributed by atoms with Gasteiger partial charge < -0.3 is 0 Å². The Bertz CT molecular complexity index is 91.2. The summed E-state index contributed by atoms with van der Waals surface area (Å²) in [6, 6.07) is 0. The molecule has 0 aromatic carbocycles. The zero-order chi connectivity index (χ0) is 6.78. The fraction of sp³-hybridized carbons (Fsp3) is 0.833. The second kappa shape index (κ2) is 2.27. The molecule has 0 bridgehead atoms. The fourth-order valence-electron chi connectivity index (χ4n) is 0.265. The van der Waals surface area contributed by atoms with E-state index < -0.39 is 0 Å². The molecule has 0 aliphatic heterocycles. The maximum Gasteiger partial charge on any atom is 0.153 e. The first kappa shape index (κ1) is 7.63. The van der Waals surface area contributed by atoms with Crippen molar-refractivity contribution in [2.45, 2.75) is 20.8 Å². The molecule has 0 unspecified atom stereocenters. The maximum atomic E-state index is 10.6. The van der Waals surface area contributed by atoms with Crippen LogP contribution in [0.25, 0.3) is 0 Å². The van der Waals surface area contributed by atoms with Gasteiger partial charge >= 0.3 is 0 Å². The summed E-state index contributed by atoms with van der Waals surface area (Å²) in [5, 5.41) is 0. The van der Waals surface area contributed by atoms with Gasteiger partial charge in [-0.1, -0.05) is 20.8 Å². The van der Waals surface area contributed by atoms with Crippen molar-refractivity contribution in [3.63, 3.8) is 0 Å². The zero-order valence-electron chi connectivity index (χ0n) is 5.62. The van der Waals surface area contributed by atoms with E-state index in [0.29, 0.717) is 0 Å². The van der Waals surface area contributed by atoms with Crippen LogP contribution in [0.1, 0.15) is 20.8 Å². The molecular formula is C6H12NO. The molecule has 0 rings (SSSR count). The minimum Gasteiger partial charge on any atom is -0.298 e. The molecule has 0 saturated carbocycles. The molecule has 47 valence electrons. The third-order valence-corrected chi connectivity index (χ3v) is 0.997. The SMILES string of the molecule is CC(C)(C)C(=O)C[NH]. The molecule has 8 heavy (non-hydrogen) atoms. The molecule has 2 nitrogen and oxygen atoms in total. The molecule has 0 aliphatic carbocycles. The lowest BCUT2D eigenvalue weighted by molar-refractivity contribution is -0.124. The minimum absolute atomic E-state index is 0.00231. The first-order valence-corrected chi connectivity index (χ1v) is 2.66. The van der Waals surface area contributed by atoms with Crippen molar-refractivity contribution in [2.75, 3.05) is 6.54 Å². The third kappa shape index (κ3) is 2.07. The summed E-state index contributed by atoms with van der Waals surface area (Å²) in [6.45, 7) is 5.38. The summed E-state index contributed by atoms with van der Waals surface area (Å²) >= 11 is 0. The highest BCUT2D eigenvalue weighted by Crippen LogP contribution is 2.12. The molecule has 0 fully saturated rings. The van der Waals surface area contributed by atoms with E-state index in [1.54, 1.807) is 0 Å². The Morgan fingerprint density at radius 3 is 1.88 bits per heavy atom. The maximum absolute atomic E-state index is 10.6. The average molecular weight is 114 g/mol. The van der Waals surface area contributed by atoms with E-state index in [1.165, 1.54) is 0 Å². The van der Waals surface area contributed by atoms with Gasteiger partial charge in [0.25, 0.3) is 0 Å². The topological polar surface area (TPSA) is 40.9 Å². The van der Waals surface area contributed by atoms with Crippen LogP contribution in [0, 0.1) is 5.41 Å². The van der Waals surface area contributed by atoms with E-state index in [-0.39, 0.29) is 17.7 Å². The molecule has 0 spiro atoms. The summed E-state index contributed by atoms with van der Waals surface area (Å²) in [6.07, 6.45) is 0. The third-order valence-electron chi connectivity index (χ3n) is 0.997. The van der Waals surface area contributed by atoms with Crippen LogP contribution in [-0.4, -0.2) is 12.3 Å². The van der Waals surface area contributed by atoms with Gasteiger partial charge in [0.05, 0.1) is 6.54 Å². The number of Topliss-reactive ketones (excluding diaryl/α,β-unsaturated/α-hetero) is 1. The Hall–Kier alpha value is -0.370. The van der Waals surface area contributed by atoms with Crippen molar-refractivity contribution in [2.24, 2.45) is 5.41 Å². The van der Waals surface area contributed by atoms with Crippen LogP contribution >= 0.6 is 0 Å². The van der Waals surface area contributed by atoms with Crippen LogP contribution in [0.2, 0.25) is 0 Å². The van der Waals surface area contributed by atoms with Crippen molar-refractivity contribution in [3.05, 3.63) is 0 Å². The molecule has 1 radical (unpaired) electrons. The van der Waals surface area contributed by atoms with Crippen LogP contribution in [-0.2, 0) is 4.79 Å². The second-order valence-electron chi connectivity index (χ2n) is 2.85. The van der Waals surface area contributed by atoms with Gasteiger partial charge in [-0.3, -0.25) is 4.79 Å². The number of ketones is 1. The van der Waals surface area contributed by atoms with E-state index in [0.717, 1.165) is 0 Å². The van der Waals surface area contributed by atoms with Gasteiger partial charge in [0.15, 0.2) is 5.78 Å². The highest BCUT2D eigenvalue weighted by Gasteiger charge is 2.18. The Balaban J connectivity index is 3.82.